The summed E-state index contributed by atoms with van der Waals surface area (Å²) in [5.74, 6) is 4.21. The quantitative estimate of drug-likeness (QED) is 0.166. The molecule has 5 nitrogen and oxygen atoms in total. The number of benzene rings is 1. The van der Waals surface area contributed by atoms with Gasteiger partial charge in [0.25, 0.3) is 0 Å². The van der Waals surface area contributed by atoms with Crippen molar-refractivity contribution in [3.05, 3.63) is 35.9 Å². The summed E-state index contributed by atoms with van der Waals surface area (Å²) in [5, 5.41) is 9.17. The summed E-state index contributed by atoms with van der Waals surface area (Å²) in [6, 6.07) is 6.18. The topological polar surface area (TPSA) is 65.0 Å². The number of esters is 1. The molecular weight excluding hydrogens is 452 g/mol. The van der Waals surface area contributed by atoms with Gasteiger partial charge in [0.15, 0.2) is 11.5 Å². The second-order valence-corrected chi connectivity index (χ2v) is 10.9. The molecule has 0 aliphatic heterocycles. The molecule has 2 aliphatic carbocycles. The number of rotatable bonds is 14. The standard InChI is InChI=1S/C31H48O5/c1-4-5-6-7-24-8-10-25(11-9-24)26-12-14-27(15-13-26)28-16-17-29(34-19-18-32)30(22-28)35-20-21-36-31(33)23(2)3/h16-17,22,24-27,32H,2,4-15,18-21H2,1,3H3. The van der Waals surface area contributed by atoms with Crippen molar-refractivity contribution < 1.29 is 24.1 Å². The van der Waals surface area contributed by atoms with Crippen LogP contribution < -0.4 is 9.47 Å². The van der Waals surface area contributed by atoms with Gasteiger partial charge in [0.1, 0.15) is 19.8 Å². The molecular formula is C31H48O5. The van der Waals surface area contributed by atoms with Gasteiger partial charge in [0.2, 0.25) is 0 Å². The molecule has 202 valence electrons. The van der Waals surface area contributed by atoms with Crippen molar-refractivity contribution in [3.63, 3.8) is 0 Å². The Kier molecular flexibility index (Phi) is 12.1. The summed E-state index contributed by atoms with van der Waals surface area (Å²) in [5.41, 5.74) is 1.66. The molecule has 2 fully saturated rings. The van der Waals surface area contributed by atoms with E-state index in [0.717, 1.165) is 17.8 Å². The van der Waals surface area contributed by atoms with Crippen LogP contribution in [0.2, 0.25) is 0 Å². The number of aliphatic hydroxyl groups excluding tert-OH is 1. The molecule has 0 spiro atoms. The number of aliphatic hydroxyl groups is 1. The molecule has 5 heteroatoms. The van der Waals surface area contributed by atoms with Crippen LogP contribution in [0.1, 0.15) is 102 Å². The number of carbonyl (C=O) groups is 1. The van der Waals surface area contributed by atoms with E-state index in [0.29, 0.717) is 23.0 Å². The van der Waals surface area contributed by atoms with Crippen molar-refractivity contribution in [1.82, 2.24) is 0 Å². The zero-order valence-corrected chi connectivity index (χ0v) is 22.6. The van der Waals surface area contributed by atoms with E-state index in [1.165, 1.54) is 82.6 Å². The average Bonchev–Trinajstić information content (AvgIpc) is 2.90. The van der Waals surface area contributed by atoms with Crippen molar-refractivity contribution in [2.45, 2.75) is 96.8 Å². The maximum Gasteiger partial charge on any atom is 0.333 e. The second-order valence-electron chi connectivity index (χ2n) is 10.9. The molecule has 1 aromatic carbocycles. The van der Waals surface area contributed by atoms with Crippen molar-refractivity contribution in [1.29, 1.82) is 0 Å². The Balaban J connectivity index is 1.50. The highest BCUT2D eigenvalue weighted by Crippen LogP contribution is 2.45. The van der Waals surface area contributed by atoms with E-state index in [9.17, 15) is 4.79 Å². The lowest BCUT2D eigenvalue weighted by Crippen LogP contribution is -2.25. The first-order chi connectivity index (χ1) is 17.5. The SMILES string of the molecule is C=C(C)C(=O)OCCOc1cc(C2CCC(C3CCC(CCCCC)CC3)CC2)ccc1OCCO. The Bertz CT molecular complexity index is 803. The summed E-state index contributed by atoms with van der Waals surface area (Å²) < 4.78 is 16.8. The molecule has 0 radical (unpaired) electrons. The van der Waals surface area contributed by atoms with E-state index in [1.807, 2.05) is 6.07 Å². The highest BCUT2D eigenvalue weighted by Gasteiger charge is 2.31. The van der Waals surface area contributed by atoms with Gasteiger partial charge in [-0.2, -0.15) is 0 Å². The lowest BCUT2D eigenvalue weighted by molar-refractivity contribution is -0.139. The molecule has 0 bridgehead atoms. The smallest absolute Gasteiger partial charge is 0.333 e. The van der Waals surface area contributed by atoms with Gasteiger partial charge in [-0.3, -0.25) is 0 Å². The first kappa shape index (κ1) is 28.6. The van der Waals surface area contributed by atoms with Crippen molar-refractivity contribution in [3.8, 4) is 11.5 Å². The largest absolute Gasteiger partial charge is 0.487 e. The molecule has 2 aliphatic rings. The van der Waals surface area contributed by atoms with Crippen LogP contribution in [-0.4, -0.2) is 37.5 Å². The van der Waals surface area contributed by atoms with Gasteiger partial charge in [-0.1, -0.05) is 58.1 Å². The van der Waals surface area contributed by atoms with Gasteiger partial charge in [-0.05, 0) is 86.8 Å². The Morgan fingerprint density at radius 1 is 0.917 bits per heavy atom. The summed E-state index contributed by atoms with van der Waals surface area (Å²) >= 11 is 0. The minimum absolute atomic E-state index is 0.0535. The van der Waals surface area contributed by atoms with Crippen molar-refractivity contribution in [2.75, 3.05) is 26.4 Å². The van der Waals surface area contributed by atoms with Gasteiger partial charge in [0, 0.05) is 5.57 Å². The second kappa shape index (κ2) is 15.3. The molecule has 36 heavy (non-hydrogen) atoms. The van der Waals surface area contributed by atoms with Gasteiger partial charge in [-0.25, -0.2) is 4.79 Å². The molecule has 0 atom stereocenters. The van der Waals surface area contributed by atoms with Crippen LogP contribution >= 0.6 is 0 Å². The maximum atomic E-state index is 11.6. The fourth-order valence-electron chi connectivity index (χ4n) is 6.13. The van der Waals surface area contributed by atoms with Crippen LogP contribution in [0.25, 0.3) is 0 Å². The maximum absolute atomic E-state index is 11.6. The molecule has 0 saturated heterocycles. The molecule has 3 rings (SSSR count). The zero-order valence-electron chi connectivity index (χ0n) is 22.6. The first-order valence-corrected chi connectivity index (χ1v) is 14.3. The van der Waals surface area contributed by atoms with Gasteiger partial charge < -0.3 is 19.3 Å². The molecule has 1 N–H and O–H groups in total. The summed E-state index contributed by atoms with van der Waals surface area (Å²) in [4.78, 5) is 11.6. The molecule has 0 heterocycles. The zero-order chi connectivity index (χ0) is 25.8. The fourth-order valence-corrected chi connectivity index (χ4v) is 6.13. The molecule has 2 saturated carbocycles. The third kappa shape index (κ3) is 8.83. The molecule has 0 amide bonds. The van der Waals surface area contributed by atoms with E-state index in [1.54, 1.807) is 6.92 Å². The average molecular weight is 501 g/mol. The van der Waals surface area contributed by atoms with Crippen LogP contribution in [0.15, 0.2) is 30.4 Å². The van der Waals surface area contributed by atoms with Crippen LogP contribution in [0.5, 0.6) is 11.5 Å². The first-order valence-electron chi connectivity index (χ1n) is 14.3. The Morgan fingerprint density at radius 2 is 1.58 bits per heavy atom. The Morgan fingerprint density at radius 3 is 2.22 bits per heavy atom. The Hall–Kier alpha value is -2.01. The number of unbranched alkanes of at least 4 members (excludes halogenated alkanes) is 2. The normalized spacial score (nSPS) is 24.2. The van der Waals surface area contributed by atoms with E-state index >= 15 is 0 Å². The predicted molar refractivity (Wildman–Crippen MR) is 145 cm³/mol. The van der Waals surface area contributed by atoms with Crippen LogP contribution in [0.3, 0.4) is 0 Å². The van der Waals surface area contributed by atoms with E-state index in [2.05, 4.69) is 25.6 Å². The summed E-state index contributed by atoms with van der Waals surface area (Å²) in [7, 11) is 0. The van der Waals surface area contributed by atoms with Gasteiger partial charge in [0.05, 0.1) is 6.61 Å². The molecule has 0 aromatic heterocycles. The van der Waals surface area contributed by atoms with Crippen LogP contribution in [-0.2, 0) is 9.53 Å². The van der Waals surface area contributed by atoms with E-state index < -0.39 is 5.97 Å². The highest BCUT2D eigenvalue weighted by molar-refractivity contribution is 5.86. The molecule has 1 aromatic rings. The third-order valence-corrected chi connectivity index (χ3v) is 8.26. The van der Waals surface area contributed by atoms with E-state index in [-0.39, 0.29) is 26.4 Å². The minimum Gasteiger partial charge on any atom is -0.487 e. The lowest BCUT2D eigenvalue weighted by atomic mass is 9.68. The van der Waals surface area contributed by atoms with Crippen molar-refractivity contribution in [2.24, 2.45) is 17.8 Å². The van der Waals surface area contributed by atoms with E-state index in [4.69, 9.17) is 19.3 Å². The van der Waals surface area contributed by atoms with Gasteiger partial charge in [-0.15, -0.1) is 0 Å². The third-order valence-electron chi connectivity index (χ3n) is 8.26. The number of hydrogen-bond acceptors (Lipinski definition) is 5. The van der Waals surface area contributed by atoms with Crippen LogP contribution in [0.4, 0.5) is 0 Å². The van der Waals surface area contributed by atoms with Crippen molar-refractivity contribution >= 4 is 5.97 Å². The summed E-state index contributed by atoms with van der Waals surface area (Å²) in [6.45, 7) is 8.08. The monoisotopic (exact) mass is 500 g/mol. The fraction of sp³-hybridized carbons (Fsp3) is 0.710. The lowest BCUT2D eigenvalue weighted by Gasteiger charge is -2.38. The molecule has 0 unspecified atom stereocenters. The predicted octanol–water partition coefficient (Wildman–Crippen LogP) is 7.22. The van der Waals surface area contributed by atoms with Gasteiger partial charge >= 0.3 is 5.97 Å². The number of hydrogen-bond donors (Lipinski definition) is 1. The summed E-state index contributed by atoms with van der Waals surface area (Å²) in [6.07, 6.45) is 16.5. The number of ether oxygens (including phenoxy) is 3. The number of carbonyl (C=O) groups excluding carboxylic acids is 1. The van der Waals surface area contributed by atoms with Crippen LogP contribution in [0, 0.1) is 17.8 Å². The highest BCUT2D eigenvalue weighted by atomic mass is 16.6. The Labute approximate surface area is 218 Å². The minimum atomic E-state index is -0.411.